The molecule has 0 spiro atoms. The zero-order valence-electron chi connectivity index (χ0n) is 11.9. The molecule has 2 aromatic carbocycles. The van der Waals surface area contributed by atoms with Gasteiger partial charge in [0, 0.05) is 18.7 Å². The summed E-state index contributed by atoms with van der Waals surface area (Å²) in [6.45, 7) is 1.47. The number of benzene rings is 2. The molecule has 116 valence electrons. The van der Waals surface area contributed by atoms with Crippen molar-refractivity contribution >= 4 is 10.0 Å². The third kappa shape index (κ3) is 2.90. The molecule has 3 rings (SSSR count). The fourth-order valence-electron chi connectivity index (χ4n) is 2.46. The molecule has 0 aromatic heterocycles. The lowest BCUT2D eigenvalue weighted by Gasteiger charge is -2.26. The van der Waals surface area contributed by atoms with E-state index in [9.17, 15) is 12.8 Å². The van der Waals surface area contributed by atoms with Gasteiger partial charge in [-0.25, -0.2) is 12.8 Å². The molecule has 1 fully saturated rings. The van der Waals surface area contributed by atoms with E-state index in [1.54, 1.807) is 30.3 Å². The first-order valence-corrected chi connectivity index (χ1v) is 8.46. The Kier molecular flexibility index (Phi) is 4.24. The van der Waals surface area contributed by atoms with E-state index in [2.05, 4.69) is 0 Å². The smallest absolute Gasteiger partial charge is 0.243 e. The van der Waals surface area contributed by atoms with Crippen LogP contribution in [0, 0.1) is 5.82 Å². The Balaban J connectivity index is 1.99. The number of rotatable bonds is 3. The van der Waals surface area contributed by atoms with Gasteiger partial charge in [0.25, 0.3) is 0 Å². The van der Waals surface area contributed by atoms with Crippen molar-refractivity contribution in [3.63, 3.8) is 0 Å². The Morgan fingerprint density at radius 3 is 2.45 bits per heavy atom. The number of sulfonamides is 1. The largest absolute Gasteiger partial charge is 0.379 e. The van der Waals surface area contributed by atoms with Crippen LogP contribution < -0.4 is 0 Å². The summed E-state index contributed by atoms with van der Waals surface area (Å²) in [6.07, 6.45) is 0. The highest BCUT2D eigenvalue weighted by atomic mass is 32.2. The molecule has 0 bridgehead atoms. The maximum atomic E-state index is 13.9. The molecule has 1 heterocycles. The Morgan fingerprint density at radius 2 is 1.73 bits per heavy atom. The van der Waals surface area contributed by atoms with Crippen LogP contribution in [0.25, 0.3) is 11.1 Å². The molecule has 1 aliphatic heterocycles. The van der Waals surface area contributed by atoms with Crippen LogP contribution >= 0.6 is 0 Å². The first-order valence-electron chi connectivity index (χ1n) is 7.02. The molecule has 22 heavy (non-hydrogen) atoms. The predicted octanol–water partition coefficient (Wildman–Crippen LogP) is 2.51. The number of ether oxygens (including phenoxy) is 1. The highest BCUT2D eigenvalue weighted by Crippen LogP contribution is 2.26. The summed E-state index contributed by atoms with van der Waals surface area (Å²) in [4.78, 5) is 0.176. The standard InChI is InChI=1S/C16H16FNO3S/c17-16-7-2-1-6-15(16)13-4-3-5-14(12-13)22(19,20)18-8-10-21-11-9-18/h1-7,12H,8-11H2. The maximum absolute atomic E-state index is 13.9. The zero-order valence-corrected chi connectivity index (χ0v) is 12.7. The molecule has 2 aromatic rings. The fraction of sp³-hybridized carbons (Fsp3) is 0.250. The molecular formula is C16H16FNO3S. The molecule has 0 radical (unpaired) electrons. The minimum Gasteiger partial charge on any atom is -0.379 e. The second-order valence-electron chi connectivity index (χ2n) is 5.02. The normalized spacial score (nSPS) is 16.6. The van der Waals surface area contributed by atoms with Gasteiger partial charge in [-0.15, -0.1) is 0 Å². The molecule has 6 heteroatoms. The van der Waals surface area contributed by atoms with Gasteiger partial charge >= 0.3 is 0 Å². The van der Waals surface area contributed by atoms with Crippen molar-refractivity contribution in [2.24, 2.45) is 0 Å². The minimum atomic E-state index is -3.57. The number of nitrogens with zero attached hydrogens (tertiary/aromatic N) is 1. The van der Waals surface area contributed by atoms with Crippen molar-refractivity contribution in [3.8, 4) is 11.1 Å². The van der Waals surface area contributed by atoms with E-state index in [-0.39, 0.29) is 10.7 Å². The topological polar surface area (TPSA) is 46.6 Å². The first kappa shape index (κ1) is 15.1. The average Bonchev–Trinajstić information content (AvgIpc) is 2.56. The highest BCUT2D eigenvalue weighted by Gasteiger charge is 2.26. The molecule has 1 aliphatic rings. The maximum Gasteiger partial charge on any atom is 0.243 e. The van der Waals surface area contributed by atoms with Gasteiger partial charge < -0.3 is 4.74 Å². The van der Waals surface area contributed by atoms with Crippen LogP contribution in [0.4, 0.5) is 4.39 Å². The van der Waals surface area contributed by atoms with Gasteiger partial charge in [-0.3, -0.25) is 0 Å². The highest BCUT2D eigenvalue weighted by molar-refractivity contribution is 7.89. The van der Waals surface area contributed by atoms with Crippen LogP contribution in [0.3, 0.4) is 0 Å². The lowest BCUT2D eigenvalue weighted by atomic mass is 10.1. The van der Waals surface area contributed by atoms with Crippen molar-refractivity contribution in [1.82, 2.24) is 4.31 Å². The van der Waals surface area contributed by atoms with Crippen LogP contribution in [0.1, 0.15) is 0 Å². The molecule has 4 nitrogen and oxygen atoms in total. The van der Waals surface area contributed by atoms with Gasteiger partial charge in [-0.05, 0) is 23.8 Å². The first-order chi connectivity index (χ1) is 10.6. The number of morpholine rings is 1. The van der Waals surface area contributed by atoms with E-state index in [1.807, 2.05) is 0 Å². The Labute approximate surface area is 129 Å². The monoisotopic (exact) mass is 321 g/mol. The van der Waals surface area contributed by atoms with Gasteiger partial charge in [-0.1, -0.05) is 30.3 Å². The number of hydrogen-bond acceptors (Lipinski definition) is 3. The number of halogens is 1. The minimum absolute atomic E-state index is 0.176. The van der Waals surface area contributed by atoms with Crippen LogP contribution in [-0.4, -0.2) is 39.0 Å². The average molecular weight is 321 g/mol. The molecule has 0 aliphatic carbocycles. The Morgan fingerprint density at radius 1 is 1.00 bits per heavy atom. The van der Waals surface area contributed by atoms with Gasteiger partial charge in [0.05, 0.1) is 18.1 Å². The van der Waals surface area contributed by atoms with Crippen molar-refractivity contribution in [2.45, 2.75) is 4.90 Å². The predicted molar refractivity (Wildman–Crippen MR) is 81.4 cm³/mol. The summed E-state index contributed by atoms with van der Waals surface area (Å²) in [6, 6.07) is 12.7. The van der Waals surface area contributed by atoms with Gasteiger partial charge in [-0.2, -0.15) is 4.31 Å². The molecule has 0 N–H and O–H groups in total. The number of hydrogen-bond donors (Lipinski definition) is 0. The quantitative estimate of drug-likeness (QED) is 0.873. The summed E-state index contributed by atoms with van der Waals surface area (Å²) in [7, 11) is -3.57. The molecule has 0 atom stereocenters. The molecule has 0 amide bonds. The van der Waals surface area contributed by atoms with E-state index < -0.39 is 10.0 Å². The summed E-state index contributed by atoms with van der Waals surface area (Å²) in [5.41, 5.74) is 0.939. The second kappa shape index (κ2) is 6.16. The summed E-state index contributed by atoms with van der Waals surface area (Å²) >= 11 is 0. The van der Waals surface area contributed by atoms with E-state index >= 15 is 0 Å². The summed E-state index contributed by atoms with van der Waals surface area (Å²) < 4.78 is 45.7. The van der Waals surface area contributed by atoms with Crippen molar-refractivity contribution < 1.29 is 17.5 Å². The lowest BCUT2D eigenvalue weighted by Crippen LogP contribution is -2.40. The zero-order chi connectivity index (χ0) is 15.6. The Hall–Kier alpha value is -1.76. The van der Waals surface area contributed by atoms with Crippen LogP contribution in [0.5, 0.6) is 0 Å². The van der Waals surface area contributed by atoms with Crippen LogP contribution in [-0.2, 0) is 14.8 Å². The fourth-order valence-corrected chi connectivity index (χ4v) is 3.91. The van der Waals surface area contributed by atoms with E-state index in [0.29, 0.717) is 37.4 Å². The summed E-state index contributed by atoms with van der Waals surface area (Å²) in [5.74, 6) is -0.372. The van der Waals surface area contributed by atoms with Crippen molar-refractivity contribution in [1.29, 1.82) is 0 Å². The van der Waals surface area contributed by atoms with Gasteiger partial charge in [0.2, 0.25) is 10.0 Å². The van der Waals surface area contributed by atoms with Crippen molar-refractivity contribution in [3.05, 3.63) is 54.3 Å². The third-order valence-corrected chi connectivity index (χ3v) is 5.52. The van der Waals surface area contributed by atoms with Gasteiger partial charge in [0.1, 0.15) is 5.82 Å². The SMILES string of the molecule is O=S(=O)(c1cccc(-c2ccccc2F)c1)N1CCOCC1. The molecule has 0 unspecified atom stereocenters. The van der Waals surface area contributed by atoms with Crippen molar-refractivity contribution in [2.75, 3.05) is 26.3 Å². The van der Waals surface area contributed by atoms with E-state index in [1.165, 1.54) is 22.5 Å². The second-order valence-corrected chi connectivity index (χ2v) is 6.96. The Bertz CT molecular complexity index is 770. The lowest BCUT2D eigenvalue weighted by molar-refractivity contribution is 0.0730. The van der Waals surface area contributed by atoms with Crippen LogP contribution in [0.2, 0.25) is 0 Å². The van der Waals surface area contributed by atoms with Gasteiger partial charge in [0.15, 0.2) is 0 Å². The molecular weight excluding hydrogens is 305 g/mol. The third-order valence-electron chi connectivity index (χ3n) is 3.63. The van der Waals surface area contributed by atoms with Crippen LogP contribution in [0.15, 0.2) is 53.4 Å². The summed E-state index contributed by atoms with van der Waals surface area (Å²) in [5, 5.41) is 0. The van der Waals surface area contributed by atoms with E-state index in [4.69, 9.17) is 4.74 Å². The molecule has 1 saturated heterocycles. The molecule has 0 saturated carbocycles. The van der Waals surface area contributed by atoms with E-state index in [0.717, 1.165) is 0 Å².